The highest BCUT2D eigenvalue weighted by Crippen LogP contribution is 2.16. The van der Waals surface area contributed by atoms with Gasteiger partial charge in [-0.25, -0.2) is 0 Å². The van der Waals surface area contributed by atoms with Crippen LogP contribution >= 0.6 is 0 Å². The Hall–Kier alpha value is -0.840. The summed E-state index contributed by atoms with van der Waals surface area (Å²) in [5, 5.41) is 3.45. The first kappa shape index (κ1) is 16.5. The molecule has 2 heterocycles. The molecule has 1 atom stereocenters. The Morgan fingerprint density at radius 2 is 2.24 bits per heavy atom. The molecule has 1 saturated heterocycles. The number of nitrogens with one attached hydrogen (secondary N) is 1. The SMILES string of the molecule is CC(C)CNCc1occc1CN(C)CC1CCCCO1. The van der Waals surface area contributed by atoms with Gasteiger partial charge in [0.15, 0.2) is 0 Å². The predicted octanol–water partition coefficient (Wildman–Crippen LogP) is 3.03. The van der Waals surface area contributed by atoms with E-state index >= 15 is 0 Å². The van der Waals surface area contributed by atoms with Crippen molar-refractivity contribution in [1.82, 2.24) is 10.2 Å². The largest absolute Gasteiger partial charge is 0.468 e. The Labute approximate surface area is 128 Å². The fourth-order valence-corrected chi connectivity index (χ4v) is 2.79. The second-order valence-corrected chi connectivity index (χ2v) is 6.58. The first-order chi connectivity index (χ1) is 10.1. The molecule has 0 radical (unpaired) electrons. The van der Waals surface area contributed by atoms with Crippen molar-refractivity contribution < 1.29 is 9.15 Å². The molecule has 0 aromatic carbocycles. The fraction of sp³-hybridized carbons (Fsp3) is 0.765. The molecule has 21 heavy (non-hydrogen) atoms. The van der Waals surface area contributed by atoms with E-state index in [1.54, 1.807) is 6.26 Å². The van der Waals surface area contributed by atoms with Crippen molar-refractivity contribution >= 4 is 0 Å². The number of furan rings is 1. The molecule has 1 aromatic rings. The van der Waals surface area contributed by atoms with E-state index in [1.165, 1.54) is 24.8 Å². The van der Waals surface area contributed by atoms with Gasteiger partial charge in [0.1, 0.15) is 5.76 Å². The zero-order chi connectivity index (χ0) is 15.1. The lowest BCUT2D eigenvalue weighted by molar-refractivity contribution is -0.00266. The lowest BCUT2D eigenvalue weighted by Crippen LogP contribution is -2.33. The van der Waals surface area contributed by atoms with Gasteiger partial charge in [-0.05, 0) is 44.8 Å². The zero-order valence-electron chi connectivity index (χ0n) is 13.7. The van der Waals surface area contributed by atoms with Gasteiger partial charge in [-0.15, -0.1) is 0 Å². The molecule has 4 nitrogen and oxygen atoms in total. The molecule has 2 rings (SSSR count). The van der Waals surface area contributed by atoms with Crippen LogP contribution in [0.25, 0.3) is 0 Å². The lowest BCUT2D eigenvalue weighted by Gasteiger charge is -2.27. The van der Waals surface area contributed by atoms with E-state index in [9.17, 15) is 0 Å². The van der Waals surface area contributed by atoms with Crippen LogP contribution in [-0.2, 0) is 17.8 Å². The van der Waals surface area contributed by atoms with Crippen molar-refractivity contribution in [3.8, 4) is 0 Å². The van der Waals surface area contributed by atoms with Crippen LogP contribution in [0, 0.1) is 5.92 Å². The molecule has 1 aromatic heterocycles. The van der Waals surface area contributed by atoms with E-state index in [0.29, 0.717) is 12.0 Å². The molecule has 1 aliphatic rings. The Morgan fingerprint density at radius 1 is 1.38 bits per heavy atom. The van der Waals surface area contributed by atoms with E-state index in [-0.39, 0.29) is 0 Å². The molecule has 1 N–H and O–H groups in total. The molecule has 1 aliphatic heterocycles. The summed E-state index contributed by atoms with van der Waals surface area (Å²) in [6, 6.07) is 2.09. The number of ether oxygens (including phenoxy) is 1. The standard InChI is InChI=1S/C17H30N2O2/c1-14(2)10-18-11-17-15(7-9-21-17)12-19(3)13-16-6-4-5-8-20-16/h7,9,14,16,18H,4-6,8,10-13H2,1-3H3. The van der Waals surface area contributed by atoms with Gasteiger partial charge in [0, 0.05) is 25.3 Å². The summed E-state index contributed by atoms with van der Waals surface area (Å²) in [4.78, 5) is 2.34. The number of rotatable bonds is 8. The molecule has 0 spiro atoms. The van der Waals surface area contributed by atoms with Crippen LogP contribution in [0.3, 0.4) is 0 Å². The van der Waals surface area contributed by atoms with Crippen LogP contribution in [0.2, 0.25) is 0 Å². The van der Waals surface area contributed by atoms with Crippen LogP contribution in [-0.4, -0.2) is 37.7 Å². The molecule has 1 fully saturated rings. The number of likely N-dealkylation sites (N-methyl/N-ethyl adjacent to an activating group) is 1. The molecule has 0 amide bonds. The van der Waals surface area contributed by atoms with Crippen LogP contribution in [0.15, 0.2) is 16.7 Å². The fourth-order valence-electron chi connectivity index (χ4n) is 2.79. The highest BCUT2D eigenvalue weighted by atomic mass is 16.5. The van der Waals surface area contributed by atoms with Crippen molar-refractivity contribution in [2.75, 3.05) is 26.7 Å². The average molecular weight is 294 g/mol. The summed E-state index contributed by atoms with van der Waals surface area (Å²) in [6.45, 7) is 9.12. The number of hydrogen-bond acceptors (Lipinski definition) is 4. The monoisotopic (exact) mass is 294 g/mol. The molecule has 120 valence electrons. The summed E-state index contributed by atoms with van der Waals surface area (Å²) in [5.74, 6) is 1.72. The van der Waals surface area contributed by atoms with Gasteiger partial charge in [-0.1, -0.05) is 13.8 Å². The smallest absolute Gasteiger partial charge is 0.122 e. The Balaban J connectivity index is 1.77. The number of hydrogen-bond donors (Lipinski definition) is 1. The highest BCUT2D eigenvalue weighted by Gasteiger charge is 2.17. The molecule has 0 saturated carbocycles. The number of nitrogens with zero attached hydrogens (tertiary/aromatic N) is 1. The Morgan fingerprint density at radius 3 is 2.95 bits per heavy atom. The maximum Gasteiger partial charge on any atom is 0.122 e. The maximum atomic E-state index is 5.81. The van der Waals surface area contributed by atoms with E-state index < -0.39 is 0 Å². The molecule has 1 unspecified atom stereocenters. The van der Waals surface area contributed by atoms with Crippen molar-refractivity contribution in [2.24, 2.45) is 5.92 Å². The van der Waals surface area contributed by atoms with Crippen LogP contribution in [0.4, 0.5) is 0 Å². The van der Waals surface area contributed by atoms with Crippen LogP contribution in [0.1, 0.15) is 44.4 Å². The van der Waals surface area contributed by atoms with Gasteiger partial charge < -0.3 is 14.5 Å². The third-order valence-electron chi connectivity index (χ3n) is 3.91. The first-order valence-electron chi connectivity index (χ1n) is 8.21. The van der Waals surface area contributed by atoms with Crippen molar-refractivity contribution in [3.63, 3.8) is 0 Å². The van der Waals surface area contributed by atoms with Crippen LogP contribution in [0.5, 0.6) is 0 Å². The summed E-state index contributed by atoms with van der Waals surface area (Å²) in [5.41, 5.74) is 1.28. The van der Waals surface area contributed by atoms with Gasteiger partial charge in [0.25, 0.3) is 0 Å². The average Bonchev–Trinajstić information content (AvgIpc) is 2.87. The second kappa shape index (κ2) is 8.57. The molecule has 0 bridgehead atoms. The van der Waals surface area contributed by atoms with Gasteiger partial charge in [-0.3, -0.25) is 4.90 Å². The minimum absolute atomic E-state index is 0.401. The minimum Gasteiger partial charge on any atom is -0.468 e. The zero-order valence-corrected chi connectivity index (χ0v) is 13.7. The van der Waals surface area contributed by atoms with Gasteiger partial charge in [-0.2, -0.15) is 0 Å². The normalized spacial score (nSPS) is 19.6. The third-order valence-corrected chi connectivity index (χ3v) is 3.91. The second-order valence-electron chi connectivity index (χ2n) is 6.58. The summed E-state index contributed by atoms with van der Waals surface area (Å²) < 4.78 is 11.4. The summed E-state index contributed by atoms with van der Waals surface area (Å²) in [6.07, 6.45) is 5.91. The Kier molecular flexibility index (Phi) is 6.74. The van der Waals surface area contributed by atoms with Crippen molar-refractivity contribution in [2.45, 2.75) is 52.3 Å². The topological polar surface area (TPSA) is 37.6 Å². The molecule has 4 heteroatoms. The van der Waals surface area contributed by atoms with E-state index in [1.807, 2.05) is 0 Å². The van der Waals surface area contributed by atoms with E-state index in [0.717, 1.165) is 38.5 Å². The van der Waals surface area contributed by atoms with Crippen molar-refractivity contribution in [1.29, 1.82) is 0 Å². The summed E-state index contributed by atoms with van der Waals surface area (Å²) >= 11 is 0. The van der Waals surface area contributed by atoms with E-state index in [4.69, 9.17) is 9.15 Å². The quantitative estimate of drug-likeness (QED) is 0.800. The minimum atomic E-state index is 0.401. The molecular formula is C17H30N2O2. The first-order valence-corrected chi connectivity index (χ1v) is 8.21. The maximum absolute atomic E-state index is 5.81. The summed E-state index contributed by atoms with van der Waals surface area (Å²) in [7, 11) is 2.16. The van der Waals surface area contributed by atoms with E-state index in [2.05, 4.69) is 37.2 Å². The van der Waals surface area contributed by atoms with Gasteiger partial charge in [0.2, 0.25) is 0 Å². The molecular weight excluding hydrogens is 264 g/mol. The predicted molar refractivity (Wildman–Crippen MR) is 85.2 cm³/mol. The van der Waals surface area contributed by atoms with Gasteiger partial charge in [0.05, 0.1) is 18.9 Å². The van der Waals surface area contributed by atoms with Crippen molar-refractivity contribution in [3.05, 3.63) is 23.7 Å². The van der Waals surface area contributed by atoms with Gasteiger partial charge >= 0.3 is 0 Å². The molecule has 0 aliphatic carbocycles. The Bertz CT molecular complexity index is 397. The van der Waals surface area contributed by atoms with Crippen LogP contribution < -0.4 is 5.32 Å². The highest BCUT2D eigenvalue weighted by molar-refractivity contribution is 5.16. The third kappa shape index (κ3) is 5.81. The lowest BCUT2D eigenvalue weighted by atomic mass is 10.1.